The first kappa shape index (κ1) is 21.9. The zero-order valence-corrected chi connectivity index (χ0v) is 19.5. The molecule has 7 heteroatoms. The topological polar surface area (TPSA) is 62.0 Å². The first-order chi connectivity index (χ1) is 15.6. The van der Waals surface area contributed by atoms with Crippen molar-refractivity contribution in [3.63, 3.8) is 0 Å². The van der Waals surface area contributed by atoms with E-state index in [1.807, 2.05) is 44.5 Å². The predicted octanol–water partition coefficient (Wildman–Crippen LogP) is 5.33. The van der Waals surface area contributed by atoms with Gasteiger partial charge in [-0.2, -0.15) is 4.99 Å². The van der Waals surface area contributed by atoms with Crippen molar-refractivity contribution in [3.8, 4) is 17.2 Å². The number of ether oxygens (including phenoxy) is 3. The van der Waals surface area contributed by atoms with Gasteiger partial charge in [0.25, 0.3) is 5.91 Å². The molecule has 0 aliphatic carbocycles. The van der Waals surface area contributed by atoms with Crippen molar-refractivity contribution in [1.82, 2.24) is 4.57 Å². The number of hydrogen-bond donors (Lipinski definition) is 0. The molecule has 0 atom stereocenters. The molecule has 0 fully saturated rings. The number of carbonyl (C=O) groups excluding carboxylic acids is 1. The van der Waals surface area contributed by atoms with Crippen LogP contribution >= 0.6 is 11.3 Å². The van der Waals surface area contributed by atoms with Gasteiger partial charge in [-0.1, -0.05) is 41.7 Å². The van der Waals surface area contributed by atoms with Crippen LogP contribution in [0.1, 0.15) is 31.1 Å². The van der Waals surface area contributed by atoms with Crippen LogP contribution in [0.5, 0.6) is 17.2 Å². The summed E-state index contributed by atoms with van der Waals surface area (Å²) in [6, 6.07) is 15.7. The van der Waals surface area contributed by atoms with Crippen molar-refractivity contribution >= 4 is 38.2 Å². The number of benzene rings is 3. The zero-order chi connectivity index (χ0) is 22.7. The van der Waals surface area contributed by atoms with E-state index in [-0.39, 0.29) is 5.91 Å². The Morgan fingerprint density at radius 2 is 1.59 bits per heavy atom. The van der Waals surface area contributed by atoms with E-state index in [9.17, 15) is 4.79 Å². The van der Waals surface area contributed by atoms with Crippen LogP contribution in [0.2, 0.25) is 0 Å². The Labute approximate surface area is 190 Å². The molecule has 0 aliphatic rings. The molecule has 0 spiro atoms. The van der Waals surface area contributed by atoms with Gasteiger partial charge in [0.1, 0.15) is 0 Å². The molecule has 0 saturated heterocycles. The number of hydrogen-bond acceptors (Lipinski definition) is 5. The van der Waals surface area contributed by atoms with Gasteiger partial charge < -0.3 is 18.8 Å². The average Bonchev–Trinajstić information content (AvgIpc) is 3.11. The van der Waals surface area contributed by atoms with E-state index in [0.29, 0.717) is 47.4 Å². The lowest BCUT2D eigenvalue weighted by atomic mass is 10.1. The molecule has 1 amide bonds. The maximum absolute atomic E-state index is 13.2. The number of rotatable bonds is 7. The fraction of sp³-hybridized carbons (Fsp3) is 0.280. The predicted molar refractivity (Wildman–Crippen MR) is 128 cm³/mol. The smallest absolute Gasteiger partial charge is 0.279 e. The van der Waals surface area contributed by atoms with Crippen molar-refractivity contribution in [2.75, 3.05) is 19.8 Å². The molecule has 1 heterocycles. The number of carbonyl (C=O) groups is 1. The van der Waals surface area contributed by atoms with Crippen LogP contribution in [-0.4, -0.2) is 30.3 Å². The summed E-state index contributed by atoms with van der Waals surface area (Å²) in [4.78, 5) is 18.2. The summed E-state index contributed by atoms with van der Waals surface area (Å²) in [7, 11) is 1.93. The Morgan fingerprint density at radius 3 is 2.25 bits per heavy atom. The van der Waals surface area contributed by atoms with E-state index < -0.39 is 0 Å². The second kappa shape index (κ2) is 9.44. The van der Waals surface area contributed by atoms with E-state index in [0.717, 1.165) is 21.0 Å². The normalized spacial score (nSPS) is 11.8. The first-order valence-electron chi connectivity index (χ1n) is 10.7. The summed E-state index contributed by atoms with van der Waals surface area (Å²) < 4.78 is 20.3. The highest BCUT2D eigenvalue weighted by molar-refractivity contribution is 7.17. The second-order valence-electron chi connectivity index (χ2n) is 7.10. The van der Waals surface area contributed by atoms with Gasteiger partial charge in [-0.25, -0.2) is 0 Å². The molecular formula is C25H26N2O4S. The number of amides is 1. The van der Waals surface area contributed by atoms with Crippen LogP contribution in [-0.2, 0) is 7.05 Å². The third-order valence-corrected chi connectivity index (χ3v) is 6.23. The number of nitrogens with zero attached hydrogens (tertiary/aromatic N) is 2. The van der Waals surface area contributed by atoms with E-state index in [4.69, 9.17) is 14.2 Å². The monoisotopic (exact) mass is 450 g/mol. The SMILES string of the molecule is CCOc1cc(C(=O)N=c2sc3c4ccccc4ccc3n2C)cc(OCC)c1OCC. The van der Waals surface area contributed by atoms with Crippen molar-refractivity contribution in [2.24, 2.45) is 12.0 Å². The Balaban J connectivity index is 1.83. The summed E-state index contributed by atoms with van der Waals surface area (Å²) in [6.45, 7) is 7.01. The maximum Gasteiger partial charge on any atom is 0.279 e. The molecule has 6 nitrogen and oxygen atoms in total. The van der Waals surface area contributed by atoms with Gasteiger partial charge in [0.05, 0.1) is 30.0 Å². The van der Waals surface area contributed by atoms with E-state index in [1.54, 1.807) is 12.1 Å². The molecule has 166 valence electrons. The maximum atomic E-state index is 13.2. The highest BCUT2D eigenvalue weighted by Gasteiger charge is 2.18. The van der Waals surface area contributed by atoms with Gasteiger partial charge >= 0.3 is 0 Å². The average molecular weight is 451 g/mol. The number of aromatic nitrogens is 1. The number of aryl methyl sites for hydroxylation is 1. The van der Waals surface area contributed by atoms with Crippen molar-refractivity contribution in [1.29, 1.82) is 0 Å². The molecule has 4 rings (SSSR count). The van der Waals surface area contributed by atoms with Gasteiger partial charge in [0.15, 0.2) is 16.3 Å². The molecule has 0 unspecified atom stereocenters. The highest BCUT2D eigenvalue weighted by Crippen LogP contribution is 2.39. The fourth-order valence-electron chi connectivity index (χ4n) is 3.63. The Kier molecular flexibility index (Phi) is 6.46. The summed E-state index contributed by atoms with van der Waals surface area (Å²) in [6.07, 6.45) is 0. The molecule has 4 aromatic rings. The molecule has 0 saturated carbocycles. The number of thiazole rings is 1. The fourth-order valence-corrected chi connectivity index (χ4v) is 4.78. The Morgan fingerprint density at radius 1 is 0.938 bits per heavy atom. The van der Waals surface area contributed by atoms with Crippen LogP contribution in [0.25, 0.3) is 21.0 Å². The van der Waals surface area contributed by atoms with E-state index >= 15 is 0 Å². The van der Waals surface area contributed by atoms with Crippen molar-refractivity contribution in [3.05, 3.63) is 58.9 Å². The summed E-state index contributed by atoms with van der Waals surface area (Å²) >= 11 is 1.50. The molecule has 0 bridgehead atoms. The summed E-state index contributed by atoms with van der Waals surface area (Å²) in [5.74, 6) is 1.10. The summed E-state index contributed by atoms with van der Waals surface area (Å²) in [5, 5.41) is 2.31. The van der Waals surface area contributed by atoms with Gasteiger partial charge in [0, 0.05) is 18.0 Å². The molecular weight excluding hydrogens is 424 g/mol. The van der Waals surface area contributed by atoms with Gasteiger partial charge in [0.2, 0.25) is 5.75 Å². The molecule has 0 radical (unpaired) electrons. The lowest BCUT2D eigenvalue weighted by molar-refractivity contribution is 0.0997. The van der Waals surface area contributed by atoms with Crippen LogP contribution in [0.3, 0.4) is 0 Å². The van der Waals surface area contributed by atoms with Crippen LogP contribution in [0.4, 0.5) is 0 Å². The quantitative estimate of drug-likeness (QED) is 0.382. The zero-order valence-electron chi connectivity index (χ0n) is 18.7. The molecule has 0 N–H and O–H groups in total. The van der Waals surface area contributed by atoms with Crippen molar-refractivity contribution in [2.45, 2.75) is 20.8 Å². The minimum absolute atomic E-state index is 0.360. The third-order valence-electron chi connectivity index (χ3n) is 5.05. The molecule has 0 aliphatic heterocycles. The molecule has 3 aromatic carbocycles. The minimum Gasteiger partial charge on any atom is -0.490 e. The van der Waals surface area contributed by atoms with Crippen molar-refractivity contribution < 1.29 is 19.0 Å². The lowest BCUT2D eigenvalue weighted by Crippen LogP contribution is -2.13. The third kappa shape index (κ3) is 4.08. The van der Waals surface area contributed by atoms with Crippen LogP contribution in [0, 0.1) is 0 Å². The van der Waals surface area contributed by atoms with Gasteiger partial charge in [-0.05, 0) is 44.4 Å². The number of fused-ring (bicyclic) bond motifs is 3. The standard InChI is InChI=1S/C25H26N2O4S/c1-5-29-20-14-17(15-21(30-6-2)22(20)31-7-3)24(28)26-25-27(4)19-13-12-16-10-8-9-11-18(16)23(19)32-25/h8-15H,5-7H2,1-4H3. The lowest BCUT2D eigenvalue weighted by Gasteiger charge is -2.16. The van der Waals surface area contributed by atoms with Crippen LogP contribution < -0.4 is 19.0 Å². The molecule has 32 heavy (non-hydrogen) atoms. The van der Waals surface area contributed by atoms with E-state index in [1.165, 1.54) is 11.3 Å². The second-order valence-corrected chi connectivity index (χ2v) is 8.07. The Bertz CT molecular complexity index is 1330. The summed E-state index contributed by atoms with van der Waals surface area (Å²) in [5.41, 5.74) is 1.43. The largest absolute Gasteiger partial charge is 0.490 e. The highest BCUT2D eigenvalue weighted by atomic mass is 32.1. The van der Waals surface area contributed by atoms with Crippen LogP contribution in [0.15, 0.2) is 53.5 Å². The molecule has 1 aromatic heterocycles. The van der Waals surface area contributed by atoms with Gasteiger partial charge in [-0.15, -0.1) is 0 Å². The van der Waals surface area contributed by atoms with Gasteiger partial charge in [-0.3, -0.25) is 4.79 Å². The minimum atomic E-state index is -0.360. The first-order valence-corrected chi connectivity index (χ1v) is 11.5. The van der Waals surface area contributed by atoms with E-state index in [2.05, 4.69) is 29.3 Å². The Hall–Kier alpha value is -3.32.